The Balaban J connectivity index is 2.02. The molecule has 0 bridgehead atoms. The number of allylic oxidation sites excluding steroid dienone is 1. The summed E-state index contributed by atoms with van der Waals surface area (Å²) in [5.41, 5.74) is 2.50. The van der Waals surface area contributed by atoms with Crippen LogP contribution in [0.2, 0.25) is 0 Å². The van der Waals surface area contributed by atoms with E-state index in [-0.39, 0.29) is 0 Å². The zero-order valence-electron chi connectivity index (χ0n) is 11.7. The van der Waals surface area contributed by atoms with Crippen LogP contribution in [0.5, 0.6) is 0 Å². The van der Waals surface area contributed by atoms with Crippen LogP contribution in [-0.4, -0.2) is 15.0 Å². The van der Waals surface area contributed by atoms with Gasteiger partial charge in [0.05, 0.1) is 12.2 Å². The lowest BCUT2D eigenvalue weighted by Gasteiger charge is -2.21. The minimum absolute atomic E-state index is 0.483. The van der Waals surface area contributed by atoms with Gasteiger partial charge in [-0.2, -0.15) is 5.26 Å². The SMILES string of the molecule is C=C(C)Cn1nnc(C#N)c1CCC1CCCCC1. The van der Waals surface area contributed by atoms with E-state index in [1.54, 1.807) is 0 Å². The molecule has 4 heteroatoms. The molecule has 4 nitrogen and oxygen atoms in total. The van der Waals surface area contributed by atoms with E-state index in [2.05, 4.69) is 23.0 Å². The molecule has 0 radical (unpaired) electrons. The average molecular weight is 258 g/mol. The molecule has 1 aromatic rings. The van der Waals surface area contributed by atoms with Crippen LogP contribution in [0.4, 0.5) is 0 Å². The van der Waals surface area contributed by atoms with E-state index >= 15 is 0 Å². The van der Waals surface area contributed by atoms with E-state index < -0.39 is 0 Å². The van der Waals surface area contributed by atoms with Crippen molar-refractivity contribution < 1.29 is 0 Å². The summed E-state index contributed by atoms with van der Waals surface area (Å²) in [6.45, 7) is 6.54. The van der Waals surface area contributed by atoms with Crippen molar-refractivity contribution >= 4 is 0 Å². The van der Waals surface area contributed by atoms with Crippen LogP contribution in [0.1, 0.15) is 56.8 Å². The third-order valence-corrected chi connectivity index (χ3v) is 3.88. The number of nitrogens with zero attached hydrogens (tertiary/aromatic N) is 4. The molecule has 0 atom stereocenters. The van der Waals surface area contributed by atoms with Gasteiger partial charge in [0.15, 0.2) is 5.69 Å². The average Bonchev–Trinajstić information content (AvgIpc) is 2.79. The summed E-state index contributed by atoms with van der Waals surface area (Å²) in [6, 6.07) is 2.15. The van der Waals surface area contributed by atoms with E-state index in [1.165, 1.54) is 32.1 Å². The van der Waals surface area contributed by atoms with Gasteiger partial charge in [-0.05, 0) is 25.7 Å². The molecule has 1 aliphatic carbocycles. The van der Waals surface area contributed by atoms with Crippen LogP contribution in [0, 0.1) is 17.2 Å². The number of hydrogen-bond donors (Lipinski definition) is 0. The van der Waals surface area contributed by atoms with Gasteiger partial charge in [0.25, 0.3) is 0 Å². The minimum Gasteiger partial charge on any atom is -0.244 e. The van der Waals surface area contributed by atoms with Crippen molar-refractivity contribution in [1.82, 2.24) is 15.0 Å². The Hall–Kier alpha value is -1.63. The second-order valence-electron chi connectivity index (χ2n) is 5.65. The van der Waals surface area contributed by atoms with Gasteiger partial charge >= 0.3 is 0 Å². The van der Waals surface area contributed by atoms with Crippen molar-refractivity contribution in [2.45, 2.75) is 58.4 Å². The molecule has 0 N–H and O–H groups in total. The number of hydrogen-bond acceptors (Lipinski definition) is 3. The van der Waals surface area contributed by atoms with Gasteiger partial charge in [-0.15, -0.1) is 5.10 Å². The third kappa shape index (κ3) is 3.66. The number of nitriles is 1. The molecule has 0 saturated heterocycles. The first kappa shape index (κ1) is 13.8. The Morgan fingerprint density at radius 2 is 2.16 bits per heavy atom. The van der Waals surface area contributed by atoms with Crippen molar-refractivity contribution in [2.75, 3.05) is 0 Å². The minimum atomic E-state index is 0.483. The van der Waals surface area contributed by atoms with E-state index in [1.807, 2.05) is 11.6 Å². The highest BCUT2D eigenvalue weighted by Gasteiger charge is 2.17. The van der Waals surface area contributed by atoms with Crippen molar-refractivity contribution in [3.63, 3.8) is 0 Å². The van der Waals surface area contributed by atoms with Gasteiger partial charge < -0.3 is 0 Å². The fourth-order valence-corrected chi connectivity index (χ4v) is 2.87. The smallest absolute Gasteiger partial charge is 0.185 e. The maximum absolute atomic E-state index is 9.11. The highest BCUT2D eigenvalue weighted by atomic mass is 15.4. The van der Waals surface area contributed by atoms with Crippen LogP contribution < -0.4 is 0 Å². The fraction of sp³-hybridized carbons (Fsp3) is 0.667. The second-order valence-corrected chi connectivity index (χ2v) is 5.65. The van der Waals surface area contributed by atoms with Gasteiger partial charge in [0.2, 0.25) is 0 Å². The molecule has 2 rings (SSSR count). The predicted molar refractivity (Wildman–Crippen MR) is 74.4 cm³/mol. The van der Waals surface area contributed by atoms with Crippen molar-refractivity contribution in [3.05, 3.63) is 23.5 Å². The molecule has 0 amide bonds. The highest BCUT2D eigenvalue weighted by Crippen LogP contribution is 2.27. The lowest BCUT2D eigenvalue weighted by Crippen LogP contribution is -2.11. The molecular formula is C15H22N4. The van der Waals surface area contributed by atoms with E-state index in [9.17, 15) is 0 Å². The standard InChI is InChI=1S/C15H22N4/c1-12(2)11-19-15(14(10-16)17-18-19)9-8-13-6-4-3-5-7-13/h13H,1,3-9,11H2,2H3. The molecule has 1 aromatic heterocycles. The summed E-state index contributed by atoms with van der Waals surface area (Å²) in [6.07, 6.45) is 8.84. The normalized spacial score (nSPS) is 16.2. The Labute approximate surface area is 115 Å². The van der Waals surface area contributed by atoms with E-state index in [0.717, 1.165) is 30.0 Å². The van der Waals surface area contributed by atoms with Gasteiger partial charge in [-0.25, -0.2) is 4.68 Å². The van der Waals surface area contributed by atoms with Crippen LogP contribution in [0.15, 0.2) is 12.2 Å². The first-order valence-electron chi connectivity index (χ1n) is 7.17. The quantitative estimate of drug-likeness (QED) is 0.762. The molecule has 102 valence electrons. The summed E-state index contributed by atoms with van der Waals surface area (Å²) in [5.74, 6) is 0.813. The first-order valence-corrected chi connectivity index (χ1v) is 7.17. The maximum atomic E-state index is 9.11. The van der Waals surface area contributed by atoms with Crippen LogP contribution in [0.3, 0.4) is 0 Å². The third-order valence-electron chi connectivity index (χ3n) is 3.88. The second kappa shape index (κ2) is 6.51. The lowest BCUT2D eigenvalue weighted by molar-refractivity contribution is 0.336. The molecule has 1 heterocycles. The highest BCUT2D eigenvalue weighted by molar-refractivity contribution is 5.25. The zero-order chi connectivity index (χ0) is 13.7. The summed E-state index contributed by atoms with van der Waals surface area (Å²) in [5, 5.41) is 17.2. The van der Waals surface area contributed by atoms with Crippen molar-refractivity contribution in [2.24, 2.45) is 5.92 Å². The topological polar surface area (TPSA) is 54.5 Å². The van der Waals surface area contributed by atoms with Gasteiger partial charge in [0, 0.05) is 0 Å². The fourth-order valence-electron chi connectivity index (χ4n) is 2.87. The molecule has 19 heavy (non-hydrogen) atoms. The monoisotopic (exact) mass is 258 g/mol. The van der Waals surface area contributed by atoms with E-state index in [4.69, 9.17) is 5.26 Å². The van der Waals surface area contributed by atoms with Crippen molar-refractivity contribution in [1.29, 1.82) is 5.26 Å². The van der Waals surface area contributed by atoms with Crippen LogP contribution in [0.25, 0.3) is 0 Å². The largest absolute Gasteiger partial charge is 0.244 e. The molecule has 1 saturated carbocycles. The Morgan fingerprint density at radius 3 is 2.79 bits per heavy atom. The summed E-state index contributed by atoms with van der Waals surface area (Å²) >= 11 is 0. The molecule has 1 fully saturated rings. The summed E-state index contributed by atoms with van der Waals surface area (Å²) < 4.78 is 1.84. The van der Waals surface area contributed by atoms with Crippen molar-refractivity contribution in [3.8, 4) is 6.07 Å². The molecule has 0 spiro atoms. The Bertz CT molecular complexity index is 475. The van der Waals surface area contributed by atoms with Gasteiger partial charge in [-0.3, -0.25) is 0 Å². The molecule has 1 aliphatic rings. The van der Waals surface area contributed by atoms with E-state index in [0.29, 0.717) is 12.2 Å². The molecule has 0 aliphatic heterocycles. The van der Waals surface area contributed by atoms with Gasteiger partial charge in [-0.1, -0.05) is 49.5 Å². The predicted octanol–water partition coefficient (Wildman–Crippen LogP) is 3.24. The number of aromatic nitrogens is 3. The Kier molecular flexibility index (Phi) is 4.73. The summed E-state index contributed by atoms with van der Waals surface area (Å²) in [4.78, 5) is 0. The summed E-state index contributed by atoms with van der Waals surface area (Å²) in [7, 11) is 0. The van der Waals surface area contributed by atoms with Gasteiger partial charge in [0.1, 0.15) is 6.07 Å². The number of rotatable bonds is 5. The Morgan fingerprint density at radius 1 is 1.42 bits per heavy atom. The van der Waals surface area contributed by atoms with Crippen LogP contribution in [-0.2, 0) is 13.0 Å². The lowest BCUT2D eigenvalue weighted by atomic mass is 9.85. The molecule has 0 unspecified atom stereocenters. The zero-order valence-corrected chi connectivity index (χ0v) is 11.7. The molecular weight excluding hydrogens is 236 g/mol. The first-order chi connectivity index (χ1) is 9.20. The van der Waals surface area contributed by atoms with Crippen LogP contribution >= 0.6 is 0 Å². The maximum Gasteiger partial charge on any atom is 0.185 e. The molecule has 0 aromatic carbocycles.